The van der Waals surface area contributed by atoms with Crippen LogP contribution in [0.3, 0.4) is 0 Å². The largest absolute Gasteiger partial charge is 0.508 e. The van der Waals surface area contributed by atoms with E-state index in [2.05, 4.69) is 21.3 Å². The zero-order valence-electron chi connectivity index (χ0n) is 24.9. The lowest BCUT2D eigenvalue weighted by atomic mass is 10.0. The van der Waals surface area contributed by atoms with Crippen molar-refractivity contribution in [2.75, 3.05) is 6.54 Å². The molecule has 249 valence electrons. The van der Waals surface area contributed by atoms with Gasteiger partial charge in [-0.3, -0.25) is 33.6 Å². The quantitative estimate of drug-likeness (QED) is 0.0590. The van der Waals surface area contributed by atoms with Crippen LogP contribution in [0.15, 0.2) is 24.3 Å². The van der Waals surface area contributed by atoms with Gasteiger partial charge in [-0.2, -0.15) is 0 Å². The second-order valence-electron chi connectivity index (χ2n) is 10.4. The van der Waals surface area contributed by atoms with Crippen LogP contribution < -0.4 is 38.5 Å². The maximum atomic E-state index is 13.4. The van der Waals surface area contributed by atoms with Crippen molar-refractivity contribution in [2.45, 2.75) is 88.2 Å². The number of rotatable bonds is 21. The lowest BCUT2D eigenvalue weighted by Gasteiger charge is -2.27. The van der Waals surface area contributed by atoms with Gasteiger partial charge in [-0.05, 0) is 56.8 Å². The first-order valence-corrected chi connectivity index (χ1v) is 14.2. The zero-order valence-corrected chi connectivity index (χ0v) is 24.9. The molecule has 1 radical (unpaired) electrons. The highest BCUT2D eigenvalue weighted by Gasteiger charge is 2.33. The Kier molecular flexibility index (Phi) is 16.8. The zero-order chi connectivity index (χ0) is 34.1. The summed E-state index contributed by atoms with van der Waals surface area (Å²) < 4.78 is 0. The molecule has 0 aliphatic carbocycles. The number of unbranched alkanes of at least 4 members (excludes halogenated alkanes) is 1. The first-order chi connectivity index (χ1) is 21.2. The molecule has 0 fully saturated rings. The van der Waals surface area contributed by atoms with Crippen molar-refractivity contribution in [3.05, 3.63) is 29.8 Å². The molecule has 17 heteroatoms. The van der Waals surface area contributed by atoms with E-state index in [0.29, 0.717) is 24.9 Å². The Morgan fingerprint density at radius 2 is 1.47 bits per heavy atom. The van der Waals surface area contributed by atoms with E-state index < -0.39 is 84.7 Å². The summed E-state index contributed by atoms with van der Waals surface area (Å²) in [6.45, 7) is 1.60. The number of carbonyl (C=O) groups is 6. The number of nitrogens with one attached hydrogen (secondary N) is 4. The third-order valence-corrected chi connectivity index (χ3v) is 6.52. The summed E-state index contributed by atoms with van der Waals surface area (Å²) in [5, 5.41) is 38.1. The number of carboxylic acids is 1. The Hall–Kier alpha value is -4.61. The predicted octanol–water partition coefficient (Wildman–Crippen LogP) is -3.44. The summed E-state index contributed by atoms with van der Waals surface area (Å²) in [4.78, 5) is 86.0. The molecule has 5 amide bonds. The number of aromatic hydroxyl groups is 1. The number of primary amides is 1. The molecule has 13 N–H and O–H groups in total. The van der Waals surface area contributed by atoms with E-state index in [9.17, 15) is 43.8 Å². The van der Waals surface area contributed by atoms with Gasteiger partial charge in [0.05, 0.1) is 24.6 Å². The third kappa shape index (κ3) is 14.6. The number of amides is 5. The van der Waals surface area contributed by atoms with Crippen molar-refractivity contribution in [3.8, 4) is 5.75 Å². The molecule has 1 rings (SSSR count). The van der Waals surface area contributed by atoms with Crippen LogP contribution in [0, 0.1) is 0 Å². The minimum atomic E-state index is -1.62. The minimum Gasteiger partial charge on any atom is -0.508 e. The number of hydrogen-bond donors (Lipinski definition) is 10. The molecular weight excluding hydrogens is 594 g/mol. The summed E-state index contributed by atoms with van der Waals surface area (Å²) in [6.07, 6.45) is -0.0715. The van der Waals surface area contributed by atoms with Gasteiger partial charge in [0.25, 0.3) is 0 Å². The number of aliphatic carboxylic acids is 1. The van der Waals surface area contributed by atoms with E-state index in [1.807, 2.05) is 0 Å². The van der Waals surface area contributed by atoms with Gasteiger partial charge >= 0.3 is 5.97 Å². The van der Waals surface area contributed by atoms with Crippen LogP contribution in [0.1, 0.15) is 51.0 Å². The van der Waals surface area contributed by atoms with Gasteiger partial charge in [-0.25, -0.2) is 0 Å². The van der Waals surface area contributed by atoms with Crippen LogP contribution in [0.25, 0.3) is 0 Å². The third-order valence-electron chi connectivity index (χ3n) is 6.52. The molecule has 0 aromatic heterocycles. The molecule has 0 spiro atoms. The summed E-state index contributed by atoms with van der Waals surface area (Å²) in [6, 6.07) is -1.47. The number of phenols is 1. The maximum Gasteiger partial charge on any atom is 0.303 e. The molecule has 0 bridgehead atoms. The van der Waals surface area contributed by atoms with Crippen LogP contribution in [0.5, 0.6) is 5.75 Å². The van der Waals surface area contributed by atoms with Crippen molar-refractivity contribution < 1.29 is 48.9 Å². The molecule has 0 saturated heterocycles. The SMILES string of the molecule is C[C@@H](O)[C@H](NC(=O)[C@H](Cc1ccc(O)cc1)NC(=O)[C@H](CC(N)=O)NC(=O)[C@@H](N)CCC(=O)O)C(=O)N[C@H]([C]=O)CCCCN. The number of carbonyl (C=O) groups excluding carboxylic acids is 6. The average molecular weight is 637 g/mol. The Morgan fingerprint density at radius 1 is 0.867 bits per heavy atom. The molecule has 0 aliphatic rings. The Morgan fingerprint density at radius 3 is 2.00 bits per heavy atom. The van der Waals surface area contributed by atoms with E-state index in [1.54, 1.807) is 6.29 Å². The number of nitrogens with two attached hydrogens (primary N) is 3. The predicted molar refractivity (Wildman–Crippen MR) is 158 cm³/mol. The molecule has 17 nitrogen and oxygen atoms in total. The molecule has 0 saturated carbocycles. The summed E-state index contributed by atoms with van der Waals surface area (Å²) in [5.74, 6) is -6.13. The molecule has 0 heterocycles. The number of benzene rings is 1. The molecule has 6 atom stereocenters. The molecular formula is C28H42N7O10. The van der Waals surface area contributed by atoms with Crippen molar-refractivity contribution in [1.29, 1.82) is 0 Å². The van der Waals surface area contributed by atoms with Gasteiger partial charge in [-0.1, -0.05) is 12.1 Å². The first kappa shape index (κ1) is 38.4. The van der Waals surface area contributed by atoms with E-state index in [1.165, 1.54) is 31.2 Å². The fourth-order valence-electron chi connectivity index (χ4n) is 4.02. The van der Waals surface area contributed by atoms with Gasteiger partial charge in [0.1, 0.15) is 23.9 Å². The summed E-state index contributed by atoms with van der Waals surface area (Å²) in [5.41, 5.74) is 16.8. The standard InChI is InChI=1S/C28H42N7O10/c1-15(37)24(28(45)32-17(14-36)4-2-3-11-29)35-27(44)20(12-16-5-7-18(38)8-6-16)34-26(43)21(13-22(31)39)33-25(42)19(30)9-10-23(40)41/h5-8,15,17,19-21,24,37-38H,2-4,9-13,29-30H2,1H3,(H2,31,39)(H,32,45)(H,33,42)(H,34,43)(H,35,44)(H,40,41)/t15-,17+,19+,20+,21+,24+/m1/s1. The Balaban J connectivity index is 3.22. The molecule has 1 aromatic carbocycles. The number of phenolic OH excluding ortho intramolecular Hbond substituents is 1. The topological polar surface area (TPSA) is 306 Å². The van der Waals surface area contributed by atoms with E-state index in [-0.39, 0.29) is 25.0 Å². The van der Waals surface area contributed by atoms with Crippen molar-refractivity contribution >= 4 is 41.8 Å². The van der Waals surface area contributed by atoms with E-state index in [4.69, 9.17) is 22.3 Å². The minimum absolute atomic E-state index is 0.0777. The van der Waals surface area contributed by atoms with Crippen molar-refractivity contribution in [2.24, 2.45) is 17.2 Å². The highest BCUT2D eigenvalue weighted by atomic mass is 16.4. The van der Waals surface area contributed by atoms with E-state index >= 15 is 0 Å². The number of carboxylic acid groups (broad SMARTS) is 1. The fraction of sp³-hybridized carbons (Fsp3) is 0.536. The van der Waals surface area contributed by atoms with Crippen LogP contribution in [0.2, 0.25) is 0 Å². The van der Waals surface area contributed by atoms with Crippen molar-refractivity contribution in [1.82, 2.24) is 21.3 Å². The maximum absolute atomic E-state index is 13.4. The van der Waals surface area contributed by atoms with Crippen molar-refractivity contribution in [3.63, 3.8) is 0 Å². The van der Waals surface area contributed by atoms with Crippen LogP contribution in [-0.4, -0.2) is 100.0 Å². The Labute approximate surface area is 259 Å². The van der Waals surface area contributed by atoms with Crippen LogP contribution in [-0.2, 0) is 40.0 Å². The lowest BCUT2D eigenvalue weighted by Crippen LogP contribution is -2.60. The number of aliphatic hydroxyl groups is 1. The summed E-state index contributed by atoms with van der Waals surface area (Å²) in [7, 11) is 0. The highest BCUT2D eigenvalue weighted by Crippen LogP contribution is 2.12. The van der Waals surface area contributed by atoms with Crippen LogP contribution >= 0.6 is 0 Å². The normalized spacial score (nSPS) is 14.8. The lowest BCUT2D eigenvalue weighted by molar-refractivity contribution is -0.137. The van der Waals surface area contributed by atoms with E-state index in [0.717, 1.165) is 0 Å². The fourth-order valence-corrected chi connectivity index (χ4v) is 4.02. The number of hydrogen-bond acceptors (Lipinski definition) is 11. The molecule has 1 aromatic rings. The molecule has 0 aliphatic heterocycles. The number of aliphatic hydroxyl groups excluding tert-OH is 1. The van der Waals surface area contributed by atoms with Crippen LogP contribution in [0.4, 0.5) is 0 Å². The van der Waals surface area contributed by atoms with Gasteiger partial charge in [0.2, 0.25) is 35.8 Å². The average Bonchev–Trinajstić information content (AvgIpc) is 2.97. The van der Waals surface area contributed by atoms with Gasteiger partial charge < -0.3 is 53.8 Å². The van der Waals surface area contributed by atoms with Gasteiger partial charge in [0, 0.05) is 12.8 Å². The highest BCUT2D eigenvalue weighted by molar-refractivity contribution is 5.97. The summed E-state index contributed by atoms with van der Waals surface area (Å²) >= 11 is 0. The van der Waals surface area contributed by atoms with Gasteiger partial charge in [0.15, 0.2) is 0 Å². The smallest absolute Gasteiger partial charge is 0.303 e. The monoisotopic (exact) mass is 636 g/mol. The van der Waals surface area contributed by atoms with Gasteiger partial charge in [-0.15, -0.1) is 0 Å². The second kappa shape index (κ2) is 19.6. The second-order valence-corrected chi connectivity index (χ2v) is 10.4. The molecule has 0 unspecified atom stereocenters. The first-order valence-electron chi connectivity index (χ1n) is 14.2. The molecule has 45 heavy (non-hydrogen) atoms. The Bertz CT molecular complexity index is 1180.